The van der Waals surface area contributed by atoms with E-state index in [0.29, 0.717) is 32.5 Å². The maximum atomic E-state index is 13.7. The predicted molar refractivity (Wildman–Crippen MR) is 134 cm³/mol. The van der Waals surface area contributed by atoms with E-state index in [1.165, 1.54) is 21.4 Å². The second-order valence-electron chi connectivity index (χ2n) is 9.24. The zero-order valence-electron chi connectivity index (χ0n) is 20.3. The van der Waals surface area contributed by atoms with E-state index in [4.69, 9.17) is 10.5 Å². The molecule has 0 bridgehead atoms. The van der Waals surface area contributed by atoms with Crippen molar-refractivity contribution in [3.05, 3.63) is 48.2 Å². The molecule has 0 unspecified atom stereocenters. The normalized spacial score (nSPS) is 21.3. The fourth-order valence-corrected chi connectivity index (χ4v) is 5.60. The number of aromatic nitrogens is 1. The number of imide groups is 1. The first-order chi connectivity index (χ1) is 17.0. The molecule has 0 saturated carbocycles. The quantitative estimate of drug-likeness (QED) is 0.287. The van der Waals surface area contributed by atoms with E-state index in [1.54, 1.807) is 0 Å². The van der Waals surface area contributed by atoms with Gasteiger partial charge in [0.15, 0.2) is 0 Å². The van der Waals surface area contributed by atoms with Gasteiger partial charge in [0.2, 0.25) is 5.91 Å². The molecule has 35 heavy (non-hydrogen) atoms. The number of amides is 3. The molecule has 1 aromatic carbocycles. The number of urea groups is 1. The van der Waals surface area contributed by atoms with Crippen molar-refractivity contribution in [3.8, 4) is 0 Å². The van der Waals surface area contributed by atoms with Gasteiger partial charge in [-0.05, 0) is 43.4 Å². The molecular formula is C26H35N5O4. The first kappa shape index (κ1) is 24.9. The molecule has 1 aromatic heterocycles. The summed E-state index contributed by atoms with van der Waals surface area (Å²) < 4.78 is 5.03. The summed E-state index contributed by atoms with van der Waals surface area (Å²) in [6.07, 6.45) is 5.93. The number of nitrogens with two attached hydrogens (primary N) is 1. The Morgan fingerprint density at radius 1 is 1.37 bits per heavy atom. The molecule has 1 aliphatic heterocycles. The molecule has 2 heterocycles. The van der Waals surface area contributed by atoms with Crippen molar-refractivity contribution in [1.29, 1.82) is 0 Å². The van der Waals surface area contributed by atoms with Crippen molar-refractivity contribution in [2.75, 3.05) is 39.3 Å². The summed E-state index contributed by atoms with van der Waals surface area (Å²) in [7, 11) is 0. The highest BCUT2D eigenvalue weighted by Gasteiger charge is 2.43. The zero-order chi connectivity index (χ0) is 24.9. The summed E-state index contributed by atoms with van der Waals surface area (Å²) in [4.78, 5) is 44.9. The van der Waals surface area contributed by atoms with Gasteiger partial charge in [0.1, 0.15) is 0 Å². The smallest absolute Gasteiger partial charge is 0.324 e. The van der Waals surface area contributed by atoms with Crippen LogP contribution >= 0.6 is 0 Å². The van der Waals surface area contributed by atoms with Crippen LogP contribution in [0.15, 0.2) is 37.1 Å². The molecule has 2 aliphatic rings. The highest BCUT2D eigenvalue weighted by atomic mass is 16.5. The van der Waals surface area contributed by atoms with Crippen LogP contribution in [-0.4, -0.2) is 78.1 Å². The maximum Gasteiger partial charge on any atom is 0.324 e. The standard InChI is InChI=1S/C26H35N5O4/c1-3-9-30-16-18(25(33)31(26(34)28-4-2)10-6-11-35-23(32)14-27)12-20-19-7-5-8-21-24(19)17(15-29-21)13-22(20)30/h3,5,7-8,15,18,20,22,29H,1,4,6,9-14,16,27H2,2H3,(H,28,34)/t18-,20-,22-/m1/s1. The number of fused-ring (bicyclic) bond motifs is 2. The number of carbonyl (C=O) groups excluding carboxylic acids is 3. The fourth-order valence-electron chi connectivity index (χ4n) is 5.60. The Labute approximate surface area is 205 Å². The molecule has 0 radical (unpaired) electrons. The van der Waals surface area contributed by atoms with Crippen molar-refractivity contribution in [2.45, 2.75) is 38.1 Å². The van der Waals surface area contributed by atoms with Crippen molar-refractivity contribution in [3.63, 3.8) is 0 Å². The van der Waals surface area contributed by atoms with Gasteiger partial charge in [-0.1, -0.05) is 18.2 Å². The lowest BCUT2D eigenvalue weighted by atomic mass is 9.72. The third kappa shape index (κ3) is 5.11. The van der Waals surface area contributed by atoms with Crippen LogP contribution in [0, 0.1) is 5.92 Å². The number of rotatable bonds is 9. The van der Waals surface area contributed by atoms with Crippen LogP contribution in [0.1, 0.15) is 36.8 Å². The Kier molecular flexibility index (Phi) is 7.87. The lowest BCUT2D eigenvalue weighted by Crippen LogP contribution is -2.55. The number of esters is 1. The van der Waals surface area contributed by atoms with E-state index in [-0.39, 0.29) is 43.5 Å². The number of likely N-dealkylation sites (tertiary alicyclic amines) is 1. The minimum atomic E-state index is -0.505. The van der Waals surface area contributed by atoms with Gasteiger partial charge >= 0.3 is 12.0 Å². The van der Waals surface area contributed by atoms with Crippen LogP contribution in [0.2, 0.25) is 0 Å². The average molecular weight is 482 g/mol. The van der Waals surface area contributed by atoms with Crippen LogP contribution < -0.4 is 11.1 Å². The Balaban J connectivity index is 1.56. The van der Waals surface area contributed by atoms with E-state index < -0.39 is 12.0 Å². The first-order valence-electron chi connectivity index (χ1n) is 12.4. The number of H-pyrrole nitrogens is 1. The molecule has 9 heteroatoms. The number of aromatic amines is 1. The van der Waals surface area contributed by atoms with Crippen LogP contribution in [0.4, 0.5) is 4.79 Å². The molecule has 2 aromatic rings. The lowest BCUT2D eigenvalue weighted by Gasteiger charge is -2.47. The molecule has 1 saturated heterocycles. The van der Waals surface area contributed by atoms with Gasteiger partial charge in [0, 0.05) is 55.2 Å². The molecule has 0 spiro atoms. The predicted octanol–water partition coefficient (Wildman–Crippen LogP) is 2.13. The first-order valence-corrected chi connectivity index (χ1v) is 12.4. The van der Waals surface area contributed by atoms with Gasteiger partial charge in [-0.25, -0.2) is 4.79 Å². The topological polar surface area (TPSA) is 121 Å². The summed E-state index contributed by atoms with van der Waals surface area (Å²) in [5.41, 5.74) is 8.97. The van der Waals surface area contributed by atoms with Gasteiger partial charge in [0.05, 0.1) is 19.1 Å². The van der Waals surface area contributed by atoms with Crippen molar-refractivity contribution in [1.82, 2.24) is 20.1 Å². The van der Waals surface area contributed by atoms with Crippen LogP contribution in [0.5, 0.6) is 0 Å². The van der Waals surface area contributed by atoms with Gasteiger partial charge in [-0.2, -0.15) is 0 Å². The van der Waals surface area contributed by atoms with E-state index in [2.05, 4.69) is 46.2 Å². The molecule has 3 amide bonds. The van der Waals surface area contributed by atoms with Crippen LogP contribution in [0.3, 0.4) is 0 Å². The highest BCUT2D eigenvalue weighted by Crippen LogP contribution is 2.45. The highest BCUT2D eigenvalue weighted by molar-refractivity contribution is 5.96. The van der Waals surface area contributed by atoms with Crippen molar-refractivity contribution < 1.29 is 19.1 Å². The van der Waals surface area contributed by atoms with Gasteiger partial charge in [0.25, 0.3) is 0 Å². The summed E-state index contributed by atoms with van der Waals surface area (Å²) in [5.74, 6) is -0.845. The molecule has 9 nitrogen and oxygen atoms in total. The molecule has 1 aliphatic carbocycles. The SMILES string of the molecule is C=CCN1C[C@H](C(=O)N(CCCOC(=O)CN)C(=O)NCC)C[C@@H]2c3cccc4[nH]cc(c34)C[C@H]21. The molecule has 1 fully saturated rings. The minimum Gasteiger partial charge on any atom is -0.465 e. The maximum absolute atomic E-state index is 13.7. The number of carbonyl (C=O) groups is 3. The molecule has 3 atom stereocenters. The minimum absolute atomic E-state index is 0.107. The van der Waals surface area contributed by atoms with E-state index in [0.717, 1.165) is 11.9 Å². The number of hydrogen-bond donors (Lipinski definition) is 3. The Morgan fingerprint density at radius 2 is 2.20 bits per heavy atom. The lowest BCUT2D eigenvalue weighted by molar-refractivity contribution is -0.142. The van der Waals surface area contributed by atoms with Gasteiger partial charge < -0.3 is 20.8 Å². The monoisotopic (exact) mass is 481 g/mol. The molecular weight excluding hydrogens is 446 g/mol. The van der Waals surface area contributed by atoms with Crippen LogP contribution in [0.25, 0.3) is 10.9 Å². The van der Waals surface area contributed by atoms with Gasteiger partial charge in [-0.3, -0.25) is 19.4 Å². The molecule has 4 N–H and O–H groups in total. The summed E-state index contributed by atoms with van der Waals surface area (Å²) in [5, 5.41) is 4.02. The fraction of sp³-hybridized carbons (Fsp3) is 0.500. The van der Waals surface area contributed by atoms with Crippen LogP contribution in [-0.2, 0) is 20.7 Å². The third-order valence-electron chi connectivity index (χ3n) is 7.08. The van der Waals surface area contributed by atoms with Gasteiger partial charge in [-0.15, -0.1) is 6.58 Å². The zero-order valence-corrected chi connectivity index (χ0v) is 20.3. The number of nitrogens with zero attached hydrogens (tertiary/aromatic N) is 2. The number of hydrogen-bond acceptors (Lipinski definition) is 6. The van der Waals surface area contributed by atoms with Crippen molar-refractivity contribution >= 4 is 28.8 Å². The largest absolute Gasteiger partial charge is 0.465 e. The van der Waals surface area contributed by atoms with E-state index in [9.17, 15) is 14.4 Å². The average Bonchev–Trinajstić information content (AvgIpc) is 3.28. The number of ether oxygens (including phenoxy) is 1. The third-order valence-corrected chi connectivity index (χ3v) is 7.08. The Morgan fingerprint density at radius 3 is 2.94 bits per heavy atom. The molecule has 188 valence electrons. The van der Waals surface area contributed by atoms with Crippen molar-refractivity contribution in [2.24, 2.45) is 11.7 Å². The second-order valence-corrected chi connectivity index (χ2v) is 9.24. The number of nitrogens with one attached hydrogen (secondary N) is 2. The Hall–Kier alpha value is -3.17. The van der Waals surface area contributed by atoms with E-state index in [1.807, 2.05) is 13.0 Å². The summed E-state index contributed by atoms with van der Waals surface area (Å²) >= 11 is 0. The Bertz CT molecular complexity index is 1100. The number of piperidine rings is 1. The number of benzene rings is 1. The second kappa shape index (κ2) is 11.0. The van der Waals surface area contributed by atoms with E-state index >= 15 is 0 Å². The summed E-state index contributed by atoms with van der Waals surface area (Å²) in [6.45, 7) is 7.50. The molecule has 4 rings (SSSR count). The summed E-state index contributed by atoms with van der Waals surface area (Å²) in [6, 6.07) is 6.18.